The summed E-state index contributed by atoms with van der Waals surface area (Å²) in [6.07, 6.45) is 2.20. The quantitative estimate of drug-likeness (QED) is 0.832. The molecule has 0 aliphatic carbocycles. The van der Waals surface area contributed by atoms with Crippen LogP contribution in [-0.4, -0.2) is 13.2 Å². The van der Waals surface area contributed by atoms with Crippen LogP contribution in [0.15, 0.2) is 42.5 Å². The molecule has 0 fully saturated rings. The smallest absolute Gasteiger partial charge is 0.130 e. The molecule has 0 bridgehead atoms. The van der Waals surface area contributed by atoms with Crippen LogP contribution in [0.4, 0.5) is 0 Å². The second-order valence-electron chi connectivity index (χ2n) is 5.27. The van der Waals surface area contributed by atoms with E-state index in [0.717, 1.165) is 31.9 Å². The van der Waals surface area contributed by atoms with E-state index in [1.54, 1.807) is 0 Å². The monoisotopic (exact) mass is 267 g/mol. The van der Waals surface area contributed by atoms with E-state index in [1.165, 1.54) is 28.7 Å². The standard InChI is InChI=1S/C18H21NO/c1-2-10-19-13-14-5-3-7-16(12-14)17-8-4-6-15-9-11-20-18(15)17/h3-8,12,19H,2,9-11,13H2,1H3. The molecule has 3 rings (SSSR count). The molecule has 1 aliphatic rings. The molecule has 2 heteroatoms. The molecule has 0 aromatic heterocycles. The summed E-state index contributed by atoms with van der Waals surface area (Å²) in [5, 5.41) is 3.45. The first-order valence-electron chi connectivity index (χ1n) is 7.43. The van der Waals surface area contributed by atoms with Crippen LogP contribution in [0.5, 0.6) is 5.75 Å². The molecule has 2 aromatic rings. The fourth-order valence-electron chi connectivity index (χ4n) is 2.70. The molecule has 2 aromatic carbocycles. The van der Waals surface area contributed by atoms with Gasteiger partial charge in [-0.3, -0.25) is 0 Å². The number of rotatable bonds is 5. The van der Waals surface area contributed by atoms with E-state index < -0.39 is 0 Å². The molecule has 0 atom stereocenters. The van der Waals surface area contributed by atoms with Gasteiger partial charge in [0.15, 0.2) is 0 Å². The average molecular weight is 267 g/mol. The predicted octanol–water partition coefficient (Wildman–Crippen LogP) is 3.79. The van der Waals surface area contributed by atoms with Gasteiger partial charge >= 0.3 is 0 Å². The van der Waals surface area contributed by atoms with Gasteiger partial charge in [-0.15, -0.1) is 0 Å². The first-order valence-corrected chi connectivity index (χ1v) is 7.43. The highest BCUT2D eigenvalue weighted by molar-refractivity contribution is 5.73. The first-order chi connectivity index (χ1) is 9.88. The van der Waals surface area contributed by atoms with Gasteiger partial charge in [0.25, 0.3) is 0 Å². The average Bonchev–Trinajstić information content (AvgIpc) is 2.96. The van der Waals surface area contributed by atoms with Crippen molar-refractivity contribution in [2.75, 3.05) is 13.2 Å². The Kier molecular flexibility index (Phi) is 4.03. The van der Waals surface area contributed by atoms with E-state index in [9.17, 15) is 0 Å². The molecule has 0 amide bonds. The van der Waals surface area contributed by atoms with E-state index in [1.807, 2.05) is 0 Å². The van der Waals surface area contributed by atoms with Crippen molar-refractivity contribution in [3.8, 4) is 16.9 Å². The summed E-state index contributed by atoms with van der Waals surface area (Å²) in [4.78, 5) is 0. The summed E-state index contributed by atoms with van der Waals surface area (Å²) < 4.78 is 5.81. The Morgan fingerprint density at radius 1 is 1.15 bits per heavy atom. The van der Waals surface area contributed by atoms with Crippen molar-refractivity contribution in [2.24, 2.45) is 0 Å². The maximum absolute atomic E-state index is 5.81. The molecule has 2 nitrogen and oxygen atoms in total. The van der Waals surface area contributed by atoms with Crippen LogP contribution in [0.25, 0.3) is 11.1 Å². The van der Waals surface area contributed by atoms with E-state index in [-0.39, 0.29) is 0 Å². The van der Waals surface area contributed by atoms with Crippen molar-refractivity contribution in [3.05, 3.63) is 53.6 Å². The maximum Gasteiger partial charge on any atom is 0.130 e. The summed E-state index contributed by atoms with van der Waals surface area (Å²) in [6.45, 7) is 4.99. The Morgan fingerprint density at radius 2 is 2.05 bits per heavy atom. The van der Waals surface area contributed by atoms with Crippen molar-refractivity contribution in [2.45, 2.75) is 26.3 Å². The Labute approximate surface area is 120 Å². The SMILES string of the molecule is CCCNCc1cccc(-c2cccc3c2OCC3)c1. The molecule has 0 saturated carbocycles. The van der Waals surface area contributed by atoms with Crippen LogP contribution in [0.1, 0.15) is 24.5 Å². The Hall–Kier alpha value is -1.80. The molecule has 1 aliphatic heterocycles. The third-order valence-electron chi connectivity index (χ3n) is 3.71. The van der Waals surface area contributed by atoms with Gasteiger partial charge in [0.1, 0.15) is 5.75 Å². The lowest BCUT2D eigenvalue weighted by Crippen LogP contribution is -2.13. The van der Waals surface area contributed by atoms with Gasteiger partial charge < -0.3 is 10.1 Å². The number of nitrogens with one attached hydrogen (secondary N) is 1. The number of para-hydroxylation sites is 1. The van der Waals surface area contributed by atoms with Crippen LogP contribution < -0.4 is 10.1 Å². The molecule has 0 saturated heterocycles. The van der Waals surface area contributed by atoms with Crippen LogP contribution in [-0.2, 0) is 13.0 Å². The third-order valence-corrected chi connectivity index (χ3v) is 3.71. The normalized spacial score (nSPS) is 13.1. The minimum atomic E-state index is 0.810. The highest BCUT2D eigenvalue weighted by Crippen LogP contribution is 2.36. The zero-order valence-electron chi connectivity index (χ0n) is 12.0. The summed E-state index contributed by atoms with van der Waals surface area (Å²) >= 11 is 0. The summed E-state index contributed by atoms with van der Waals surface area (Å²) in [6, 6.07) is 15.2. The van der Waals surface area contributed by atoms with E-state index in [0.29, 0.717) is 0 Å². The van der Waals surface area contributed by atoms with Gasteiger partial charge in [-0.2, -0.15) is 0 Å². The fraction of sp³-hybridized carbons (Fsp3) is 0.333. The van der Waals surface area contributed by atoms with Gasteiger partial charge in [-0.25, -0.2) is 0 Å². The molecule has 1 heterocycles. The zero-order valence-corrected chi connectivity index (χ0v) is 12.0. The van der Waals surface area contributed by atoms with Crippen LogP contribution in [0, 0.1) is 0 Å². The lowest BCUT2D eigenvalue weighted by atomic mass is 9.99. The molecule has 0 radical (unpaired) electrons. The highest BCUT2D eigenvalue weighted by Gasteiger charge is 2.16. The lowest BCUT2D eigenvalue weighted by Gasteiger charge is -2.10. The zero-order chi connectivity index (χ0) is 13.8. The van der Waals surface area contributed by atoms with Crippen molar-refractivity contribution in [1.82, 2.24) is 5.32 Å². The summed E-state index contributed by atoms with van der Waals surface area (Å²) in [5.41, 5.74) is 5.13. The molecular weight excluding hydrogens is 246 g/mol. The van der Waals surface area contributed by atoms with Crippen molar-refractivity contribution >= 4 is 0 Å². The van der Waals surface area contributed by atoms with Gasteiger partial charge in [0.05, 0.1) is 6.61 Å². The molecular formula is C18H21NO. The molecule has 0 unspecified atom stereocenters. The predicted molar refractivity (Wildman–Crippen MR) is 83.1 cm³/mol. The van der Waals surface area contributed by atoms with Gasteiger partial charge in [0.2, 0.25) is 0 Å². The second kappa shape index (κ2) is 6.10. The minimum Gasteiger partial charge on any atom is -0.492 e. The largest absolute Gasteiger partial charge is 0.492 e. The Balaban J connectivity index is 1.87. The number of hydrogen-bond donors (Lipinski definition) is 1. The summed E-state index contributed by atoms with van der Waals surface area (Å²) in [5.74, 6) is 1.08. The van der Waals surface area contributed by atoms with Crippen LogP contribution >= 0.6 is 0 Å². The summed E-state index contributed by atoms with van der Waals surface area (Å²) in [7, 11) is 0. The van der Waals surface area contributed by atoms with Gasteiger partial charge in [0, 0.05) is 18.5 Å². The topological polar surface area (TPSA) is 21.3 Å². The second-order valence-corrected chi connectivity index (χ2v) is 5.27. The van der Waals surface area contributed by atoms with E-state index in [4.69, 9.17) is 4.74 Å². The lowest BCUT2D eigenvalue weighted by molar-refractivity contribution is 0.358. The Morgan fingerprint density at radius 3 is 2.95 bits per heavy atom. The molecule has 0 spiro atoms. The number of fused-ring (bicyclic) bond motifs is 1. The van der Waals surface area contributed by atoms with Gasteiger partial charge in [-0.05, 0) is 35.7 Å². The number of hydrogen-bond acceptors (Lipinski definition) is 2. The van der Waals surface area contributed by atoms with E-state index in [2.05, 4.69) is 54.7 Å². The number of benzene rings is 2. The first kappa shape index (κ1) is 13.2. The van der Waals surface area contributed by atoms with E-state index >= 15 is 0 Å². The van der Waals surface area contributed by atoms with Gasteiger partial charge in [-0.1, -0.05) is 43.3 Å². The number of ether oxygens (including phenoxy) is 1. The molecule has 1 N–H and O–H groups in total. The van der Waals surface area contributed by atoms with Crippen LogP contribution in [0.2, 0.25) is 0 Å². The van der Waals surface area contributed by atoms with Crippen molar-refractivity contribution in [3.63, 3.8) is 0 Å². The third kappa shape index (κ3) is 2.70. The Bertz CT molecular complexity index is 592. The minimum absolute atomic E-state index is 0.810. The molecule has 20 heavy (non-hydrogen) atoms. The molecule has 104 valence electrons. The van der Waals surface area contributed by atoms with Crippen molar-refractivity contribution < 1.29 is 4.74 Å². The fourth-order valence-corrected chi connectivity index (χ4v) is 2.70. The maximum atomic E-state index is 5.81. The highest BCUT2D eigenvalue weighted by atomic mass is 16.5. The van der Waals surface area contributed by atoms with Crippen molar-refractivity contribution in [1.29, 1.82) is 0 Å². The van der Waals surface area contributed by atoms with Crippen LogP contribution in [0.3, 0.4) is 0 Å².